The molecule has 2 rings (SSSR count). The Morgan fingerprint density at radius 2 is 2.00 bits per heavy atom. The van der Waals surface area contributed by atoms with Crippen LogP contribution in [0.5, 0.6) is 11.5 Å². The van der Waals surface area contributed by atoms with E-state index >= 15 is 0 Å². The van der Waals surface area contributed by atoms with Crippen LogP contribution in [0.25, 0.3) is 0 Å². The third-order valence-corrected chi connectivity index (χ3v) is 3.57. The molecule has 0 aliphatic carbocycles. The quantitative estimate of drug-likeness (QED) is 0.881. The molecule has 0 unspecified atom stereocenters. The van der Waals surface area contributed by atoms with Crippen LogP contribution in [-0.4, -0.2) is 11.5 Å². The van der Waals surface area contributed by atoms with Crippen LogP contribution >= 0.6 is 15.9 Å². The van der Waals surface area contributed by atoms with E-state index in [0.29, 0.717) is 0 Å². The monoisotopic (exact) mass is 334 g/mol. The van der Waals surface area contributed by atoms with Gasteiger partial charge in [0.1, 0.15) is 11.5 Å². The number of aryl methyl sites for hydroxylation is 2. The summed E-state index contributed by atoms with van der Waals surface area (Å²) in [7, 11) is 0. The van der Waals surface area contributed by atoms with Gasteiger partial charge in [-0.3, -0.25) is 4.98 Å². The van der Waals surface area contributed by atoms with Crippen LogP contribution < -0.4 is 10.1 Å². The molecule has 1 aromatic heterocycles. The average Bonchev–Trinajstić information content (AvgIpc) is 2.41. The van der Waals surface area contributed by atoms with Gasteiger partial charge in [0.15, 0.2) is 0 Å². The Hall–Kier alpha value is -1.39. The molecular formula is C16H19BrN2O. The lowest BCUT2D eigenvalue weighted by Crippen LogP contribution is -2.12. The molecule has 0 bridgehead atoms. The smallest absolute Gasteiger partial charge is 0.141 e. The van der Waals surface area contributed by atoms with Gasteiger partial charge in [-0.05, 0) is 54.0 Å². The van der Waals surface area contributed by atoms with Gasteiger partial charge in [0, 0.05) is 30.1 Å². The summed E-state index contributed by atoms with van der Waals surface area (Å²) in [4.78, 5) is 4.34. The predicted molar refractivity (Wildman–Crippen MR) is 85.3 cm³/mol. The third kappa shape index (κ3) is 3.81. The lowest BCUT2D eigenvalue weighted by atomic mass is 10.2. The van der Waals surface area contributed by atoms with Crippen LogP contribution in [0.3, 0.4) is 0 Å². The predicted octanol–water partition coefficient (Wildman–Crippen LogP) is 4.36. The number of ether oxygens (including phenoxy) is 1. The molecule has 0 fully saturated rings. The topological polar surface area (TPSA) is 34.2 Å². The van der Waals surface area contributed by atoms with Crippen LogP contribution in [0.2, 0.25) is 0 Å². The molecule has 20 heavy (non-hydrogen) atoms. The fourth-order valence-electron chi connectivity index (χ4n) is 1.86. The first kappa shape index (κ1) is 15.0. The number of benzene rings is 1. The summed E-state index contributed by atoms with van der Waals surface area (Å²) < 4.78 is 7.01. The number of hydrogen-bond donors (Lipinski definition) is 1. The molecular weight excluding hydrogens is 316 g/mol. The zero-order chi connectivity index (χ0) is 14.5. The highest BCUT2D eigenvalue weighted by molar-refractivity contribution is 9.10. The second-order valence-corrected chi connectivity index (χ2v) is 5.60. The Morgan fingerprint density at radius 3 is 2.70 bits per heavy atom. The molecule has 0 spiro atoms. The summed E-state index contributed by atoms with van der Waals surface area (Å²) in [6, 6.07) is 8.04. The van der Waals surface area contributed by atoms with Crippen LogP contribution in [0.15, 0.2) is 34.9 Å². The minimum Gasteiger partial charge on any atom is -0.456 e. The summed E-state index contributed by atoms with van der Waals surface area (Å²) >= 11 is 3.54. The van der Waals surface area contributed by atoms with E-state index in [1.54, 1.807) is 0 Å². The minimum absolute atomic E-state index is 0.753. The molecule has 106 valence electrons. The van der Waals surface area contributed by atoms with Gasteiger partial charge in [-0.25, -0.2) is 0 Å². The largest absolute Gasteiger partial charge is 0.456 e. The fourth-order valence-corrected chi connectivity index (χ4v) is 2.43. The summed E-state index contributed by atoms with van der Waals surface area (Å²) in [6.45, 7) is 7.78. The second kappa shape index (κ2) is 6.86. The number of nitrogens with zero attached hydrogens (tertiary/aromatic N) is 1. The average molecular weight is 335 g/mol. The lowest BCUT2D eigenvalue weighted by Gasteiger charge is -2.13. The van der Waals surface area contributed by atoms with Crippen molar-refractivity contribution in [2.45, 2.75) is 27.3 Å². The van der Waals surface area contributed by atoms with Crippen molar-refractivity contribution in [2.75, 3.05) is 6.54 Å². The highest BCUT2D eigenvalue weighted by Crippen LogP contribution is 2.32. The van der Waals surface area contributed by atoms with E-state index in [2.05, 4.69) is 40.1 Å². The fraction of sp³-hybridized carbons (Fsp3) is 0.312. The third-order valence-electron chi connectivity index (χ3n) is 2.95. The zero-order valence-electron chi connectivity index (χ0n) is 12.0. The van der Waals surface area contributed by atoms with Crippen molar-refractivity contribution in [3.8, 4) is 11.5 Å². The van der Waals surface area contributed by atoms with Crippen molar-refractivity contribution in [2.24, 2.45) is 0 Å². The maximum atomic E-state index is 6.05. The Kier molecular flexibility index (Phi) is 5.15. The van der Waals surface area contributed by atoms with Gasteiger partial charge in [0.2, 0.25) is 0 Å². The van der Waals surface area contributed by atoms with Gasteiger partial charge in [0.05, 0.1) is 4.47 Å². The van der Waals surface area contributed by atoms with E-state index in [9.17, 15) is 0 Å². The molecule has 0 saturated heterocycles. The van der Waals surface area contributed by atoms with Crippen LogP contribution in [0.4, 0.5) is 0 Å². The molecule has 0 amide bonds. The molecule has 2 aromatic rings. The Balaban J connectivity index is 2.29. The summed E-state index contributed by atoms with van der Waals surface area (Å²) in [5.41, 5.74) is 3.21. The van der Waals surface area contributed by atoms with Gasteiger partial charge in [-0.2, -0.15) is 0 Å². The normalized spacial score (nSPS) is 10.6. The van der Waals surface area contributed by atoms with Gasteiger partial charge in [0.25, 0.3) is 0 Å². The van der Waals surface area contributed by atoms with E-state index in [-0.39, 0.29) is 0 Å². The van der Waals surface area contributed by atoms with Crippen molar-refractivity contribution in [3.63, 3.8) is 0 Å². The molecule has 0 aliphatic rings. The number of aromatic nitrogens is 1. The Morgan fingerprint density at radius 1 is 1.20 bits per heavy atom. The summed E-state index contributed by atoms with van der Waals surface area (Å²) in [5.74, 6) is 1.67. The van der Waals surface area contributed by atoms with Crippen molar-refractivity contribution >= 4 is 15.9 Å². The molecule has 0 aliphatic heterocycles. The number of pyridine rings is 1. The van der Waals surface area contributed by atoms with Crippen molar-refractivity contribution < 1.29 is 4.74 Å². The Bertz CT molecular complexity index is 599. The molecule has 1 aromatic carbocycles. The summed E-state index contributed by atoms with van der Waals surface area (Å²) in [6.07, 6.45) is 1.87. The maximum Gasteiger partial charge on any atom is 0.141 e. The minimum atomic E-state index is 0.753. The van der Waals surface area contributed by atoms with Crippen LogP contribution in [-0.2, 0) is 6.54 Å². The maximum absolute atomic E-state index is 6.05. The SMILES string of the molecule is CCNCc1cnc(C)cc1Oc1ccc(C)cc1Br. The highest BCUT2D eigenvalue weighted by atomic mass is 79.9. The summed E-state index contributed by atoms with van der Waals surface area (Å²) in [5, 5.41) is 3.30. The van der Waals surface area contributed by atoms with E-state index in [1.165, 1.54) is 5.56 Å². The first-order chi connectivity index (χ1) is 9.60. The molecule has 0 atom stereocenters. The standard InChI is InChI=1S/C16H19BrN2O/c1-4-18-9-13-10-19-12(3)8-16(13)20-15-6-5-11(2)7-14(15)17/h5-8,10,18H,4,9H2,1-3H3. The molecule has 4 heteroatoms. The molecule has 3 nitrogen and oxygen atoms in total. The van der Waals surface area contributed by atoms with E-state index in [4.69, 9.17) is 4.74 Å². The van der Waals surface area contributed by atoms with Crippen molar-refractivity contribution in [1.29, 1.82) is 0 Å². The van der Waals surface area contributed by atoms with Crippen LogP contribution in [0.1, 0.15) is 23.7 Å². The van der Waals surface area contributed by atoms with Gasteiger partial charge < -0.3 is 10.1 Å². The number of halogens is 1. The molecule has 1 heterocycles. The zero-order valence-corrected chi connectivity index (χ0v) is 13.6. The van der Waals surface area contributed by atoms with Gasteiger partial charge in [-0.15, -0.1) is 0 Å². The first-order valence-electron chi connectivity index (χ1n) is 6.70. The number of nitrogens with one attached hydrogen (secondary N) is 1. The number of rotatable bonds is 5. The molecule has 0 radical (unpaired) electrons. The van der Waals surface area contributed by atoms with E-state index in [0.717, 1.165) is 40.3 Å². The molecule has 1 N–H and O–H groups in total. The van der Waals surface area contributed by atoms with E-state index in [1.807, 2.05) is 37.4 Å². The highest BCUT2D eigenvalue weighted by Gasteiger charge is 2.08. The van der Waals surface area contributed by atoms with Crippen molar-refractivity contribution in [1.82, 2.24) is 10.3 Å². The lowest BCUT2D eigenvalue weighted by molar-refractivity contribution is 0.468. The van der Waals surface area contributed by atoms with Gasteiger partial charge in [-0.1, -0.05) is 13.0 Å². The van der Waals surface area contributed by atoms with E-state index < -0.39 is 0 Å². The first-order valence-corrected chi connectivity index (χ1v) is 7.49. The molecule has 0 saturated carbocycles. The second-order valence-electron chi connectivity index (χ2n) is 4.75. The number of hydrogen-bond acceptors (Lipinski definition) is 3. The van der Waals surface area contributed by atoms with Gasteiger partial charge >= 0.3 is 0 Å². The Labute approximate surface area is 128 Å². The van der Waals surface area contributed by atoms with Crippen LogP contribution in [0, 0.1) is 13.8 Å². The van der Waals surface area contributed by atoms with Crippen molar-refractivity contribution in [3.05, 3.63) is 51.8 Å².